The van der Waals surface area contributed by atoms with Gasteiger partial charge in [-0.1, -0.05) is 12.1 Å². The fraction of sp³-hybridized carbons (Fsp3) is 0.211. The summed E-state index contributed by atoms with van der Waals surface area (Å²) in [7, 11) is 2.98. The minimum atomic E-state index is -1.20. The molecule has 2 aromatic rings. The minimum Gasteiger partial charge on any atom is -0.497 e. The summed E-state index contributed by atoms with van der Waals surface area (Å²) in [6.07, 6.45) is 0. The van der Waals surface area contributed by atoms with Gasteiger partial charge in [0.2, 0.25) is 0 Å². The number of anilines is 1. The molecular weight excluding hydrogens is 334 g/mol. The van der Waals surface area contributed by atoms with Gasteiger partial charge < -0.3 is 14.8 Å². The zero-order valence-electron chi connectivity index (χ0n) is 14.6. The Balaban J connectivity index is 2.00. The molecule has 3 rings (SSSR count). The van der Waals surface area contributed by atoms with E-state index in [2.05, 4.69) is 5.32 Å². The first-order valence-corrected chi connectivity index (χ1v) is 7.84. The number of imide groups is 1. The molecule has 1 aliphatic rings. The zero-order chi connectivity index (χ0) is 18.9. The molecule has 0 radical (unpaired) electrons. The number of hydrogen-bond acceptors (Lipinski definition) is 5. The van der Waals surface area contributed by atoms with Crippen LogP contribution in [-0.4, -0.2) is 26.2 Å². The number of nitrogens with one attached hydrogen (secondary N) is 1. The van der Waals surface area contributed by atoms with Crippen LogP contribution in [0.2, 0.25) is 0 Å². The van der Waals surface area contributed by atoms with Gasteiger partial charge in [-0.05, 0) is 36.8 Å². The van der Waals surface area contributed by atoms with Crippen molar-refractivity contribution in [2.24, 2.45) is 0 Å². The predicted octanol–water partition coefficient (Wildman–Crippen LogP) is 2.55. The van der Waals surface area contributed by atoms with Crippen molar-refractivity contribution >= 4 is 17.6 Å². The number of nitriles is 1. The van der Waals surface area contributed by atoms with Gasteiger partial charge in [-0.25, -0.2) is 9.69 Å². The normalized spacial score (nSPS) is 19.1. The Morgan fingerprint density at radius 1 is 1.08 bits per heavy atom. The fourth-order valence-electron chi connectivity index (χ4n) is 2.90. The fourth-order valence-corrected chi connectivity index (χ4v) is 2.90. The summed E-state index contributed by atoms with van der Waals surface area (Å²) in [5.41, 5.74) is 0.0892. The molecule has 3 amide bonds. The van der Waals surface area contributed by atoms with Gasteiger partial charge in [0.25, 0.3) is 5.91 Å². The molecule has 1 heterocycles. The number of ether oxygens (including phenoxy) is 2. The maximum absolute atomic E-state index is 13.1. The quantitative estimate of drug-likeness (QED) is 0.855. The van der Waals surface area contributed by atoms with Crippen LogP contribution in [0.4, 0.5) is 10.5 Å². The van der Waals surface area contributed by atoms with Crippen LogP contribution < -0.4 is 19.7 Å². The second-order valence-corrected chi connectivity index (χ2v) is 5.92. The first kappa shape index (κ1) is 17.3. The number of methoxy groups -OCH3 is 2. The van der Waals surface area contributed by atoms with E-state index < -0.39 is 17.5 Å². The number of rotatable bonds is 4. The first-order chi connectivity index (χ1) is 12.4. The summed E-state index contributed by atoms with van der Waals surface area (Å²) in [5.74, 6) is 0.533. The maximum atomic E-state index is 13.1. The molecule has 2 aromatic carbocycles. The molecule has 0 unspecified atom stereocenters. The maximum Gasteiger partial charge on any atom is 0.329 e. The number of carbonyl (C=O) groups is 2. The van der Waals surface area contributed by atoms with E-state index >= 15 is 0 Å². The predicted molar refractivity (Wildman–Crippen MR) is 94.1 cm³/mol. The monoisotopic (exact) mass is 351 g/mol. The van der Waals surface area contributed by atoms with Gasteiger partial charge in [0.05, 0.1) is 25.5 Å². The molecule has 0 aromatic heterocycles. The van der Waals surface area contributed by atoms with E-state index in [9.17, 15) is 9.59 Å². The van der Waals surface area contributed by atoms with Crippen LogP contribution >= 0.6 is 0 Å². The average molecular weight is 351 g/mol. The van der Waals surface area contributed by atoms with E-state index in [1.165, 1.54) is 25.3 Å². The van der Waals surface area contributed by atoms with Crippen LogP contribution in [0.15, 0.2) is 42.5 Å². The van der Waals surface area contributed by atoms with E-state index in [-0.39, 0.29) is 0 Å². The van der Waals surface area contributed by atoms with Crippen LogP contribution in [0.1, 0.15) is 18.1 Å². The Labute approximate surface area is 150 Å². The number of hydrogen-bond donors (Lipinski definition) is 1. The lowest BCUT2D eigenvalue weighted by Gasteiger charge is -2.22. The highest BCUT2D eigenvalue weighted by Gasteiger charge is 2.49. The molecule has 1 fully saturated rings. The molecule has 0 aliphatic carbocycles. The molecule has 1 N–H and O–H groups in total. The Morgan fingerprint density at radius 2 is 1.77 bits per heavy atom. The summed E-state index contributed by atoms with van der Waals surface area (Å²) in [4.78, 5) is 26.6. The standard InChI is InChI=1S/C19H17N3O4/c1-19(13-5-8-15(25-2)9-6-13)17(23)22(18(24)21-19)14-7-4-12(11-20)16(10-14)26-3/h4-10H,1-3H3,(H,21,24)/t19-/m1/s1. The van der Waals surface area contributed by atoms with E-state index in [0.29, 0.717) is 28.3 Å². The van der Waals surface area contributed by atoms with Crippen LogP contribution in [-0.2, 0) is 10.3 Å². The number of amides is 3. The lowest BCUT2D eigenvalue weighted by Crippen LogP contribution is -2.40. The summed E-state index contributed by atoms with van der Waals surface area (Å²) < 4.78 is 10.3. The van der Waals surface area contributed by atoms with Gasteiger partial charge in [0, 0.05) is 6.07 Å². The Hall–Kier alpha value is -3.53. The molecule has 7 nitrogen and oxygen atoms in total. The van der Waals surface area contributed by atoms with Crippen LogP contribution in [0.25, 0.3) is 0 Å². The van der Waals surface area contributed by atoms with E-state index in [4.69, 9.17) is 14.7 Å². The molecule has 1 atom stereocenters. The minimum absolute atomic E-state index is 0.295. The first-order valence-electron chi connectivity index (χ1n) is 7.84. The Morgan fingerprint density at radius 3 is 2.35 bits per heavy atom. The van der Waals surface area contributed by atoms with Crippen molar-refractivity contribution in [3.63, 3.8) is 0 Å². The Kier molecular flexibility index (Phi) is 4.26. The number of benzene rings is 2. The van der Waals surface area contributed by atoms with Crippen molar-refractivity contribution in [3.05, 3.63) is 53.6 Å². The van der Waals surface area contributed by atoms with Crippen molar-refractivity contribution in [2.75, 3.05) is 19.1 Å². The molecule has 132 valence electrons. The molecule has 0 spiro atoms. The van der Waals surface area contributed by atoms with Crippen LogP contribution in [0, 0.1) is 11.3 Å². The van der Waals surface area contributed by atoms with Gasteiger partial charge in [-0.15, -0.1) is 0 Å². The second-order valence-electron chi connectivity index (χ2n) is 5.92. The van der Waals surface area contributed by atoms with E-state index in [0.717, 1.165) is 4.90 Å². The van der Waals surface area contributed by atoms with Crippen LogP contribution in [0.3, 0.4) is 0 Å². The number of urea groups is 1. The molecule has 0 bridgehead atoms. The van der Waals surface area contributed by atoms with Gasteiger partial charge in [0.15, 0.2) is 0 Å². The number of nitrogens with zero attached hydrogens (tertiary/aromatic N) is 2. The third kappa shape index (κ3) is 2.62. The highest BCUT2D eigenvalue weighted by Crippen LogP contribution is 2.34. The van der Waals surface area contributed by atoms with Gasteiger partial charge in [0.1, 0.15) is 23.1 Å². The molecule has 1 aliphatic heterocycles. The summed E-state index contributed by atoms with van der Waals surface area (Å²) >= 11 is 0. The Bertz CT molecular complexity index is 917. The van der Waals surface area contributed by atoms with Gasteiger partial charge in [-0.3, -0.25) is 4.79 Å². The zero-order valence-corrected chi connectivity index (χ0v) is 14.6. The largest absolute Gasteiger partial charge is 0.497 e. The summed E-state index contributed by atoms with van der Waals surface area (Å²) in [6.45, 7) is 1.65. The van der Waals surface area contributed by atoms with Gasteiger partial charge >= 0.3 is 6.03 Å². The molecule has 0 saturated carbocycles. The van der Waals surface area contributed by atoms with Crippen molar-refractivity contribution in [2.45, 2.75) is 12.5 Å². The molecule has 26 heavy (non-hydrogen) atoms. The molecule has 7 heteroatoms. The van der Waals surface area contributed by atoms with E-state index in [1.807, 2.05) is 6.07 Å². The lowest BCUT2D eigenvalue weighted by molar-refractivity contribution is -0.121. The summed E-state index contributed by atoms with van der Waals surface area (Å²) in [5, 5.41) is 11.8. The third-order valence-electron chi connectivity index (χ3n) is 4.42. The number of carbonyl (C=O) groups excluding carboxylic acids is 2. The average Bonchev–Trinajstić information content (AvgIpc) is 2.90. The van der Waals surface area contributed by atoms with Gasteiger partial charge in [-0.2, -0.15) is 5.26 Å². The van der Waals surface area contributed by atoms with E-state index in [1.54, 1.807) is 38.3 Å². The second kappa shape index (κ2) is 6.41. The topological polar surface area (TPSA) is 91.7 Å². The third-order valence-corrected chi connectivity index (χ3v) is 4.42. The van der Waals surface area contributed by atoms with Crippen molar-refractivity contribution < 1.29 is 19.1 Å². The SMILES string of the molecule is COc1ccc([C@@]2(C)NC(=O)N(c3ccc(C#N)c(OC)c3)C2=O)cc1. The van der Waals surface area contributed by atoms with Crippen molar-refractivity contribution in [3.8, 4) is 17.6 Å². The molecule has 1 saturated heterocycles. The summed E-state index contributed by atoms with van der Waals surface area (Å²) in [6, 6.07) is 12.9. The van der Waals surface area contributed by atoms with Crippen molar-refractivity contribution in [1.29, 1.82) is 5.26 Å². The lowest BCUT2D eigenvalue weighted by atomic mass is 9.92. The smallest absolute Gasteiger partial charge is 0.329 e. The van der Waals surface area contributed by atoms with Crippen LogP contribution in [0.5, 0.6) is 11.5 Å². The van der Waals surface area contributed by atoms with Crippen molar-refractivity contribution in [1.82, 2.24) is 5.32 Å². The molecular formula is C19H17N3O4. The highest BCUT2D eigenvalue weighted by atomic mass is 16.5. The highest BCUT2D eigenvalue weighted by molar-refractivity contribution is 6.23.